The average molecular weight is 1060 g/mol. The Morgan fingerprint density at radius 1 is 1.07 bits per heavy atom. The third-order valence-electron chi connectivity index (χ3n) is 17.1. The molecule has 1 spiro atoms. The maximum absolute atomic E-state index is 14.7. The van der Waals surface area contributed by atoms with Gasteiger partial charge in [0.15, 0.2) is 17.7 Å². The Morgan fingerprint density at radius 3 is 2.46 bits per heavy atom. The number of carbonyl (C=O) groups is 2. The molecule has 0 unspecified atom stereocenters. The summed E-state index contributed by atoms with van der Waals surface area (Å²) in [6.45, 7) is 32.2. The molecule has 4 heterocycles. The van der Waals surface area contributed by atoms with E-state index in [2.05, 4.69) is 77.9 Å². The fourth-order valence-corrected chi connectivity index (χ4v) is 14.5. The second-order valence-electron chi connectivity index (χ2n) is 25.1. The third kappa shape index (κ3) is 9.65. The van der Waals surface area contributed by atoms with Gasteiger partial charge >= 0.3 is 6.09 Å². The molecule has 17 nitrogen and oxygen atoms in total. The fraction of sp³-hybridized carbons (Fsp3) is 0.655. The summed E-state index contributed by atoms with van der Waals surface area (Å²) in [7, 11) is -4.80. The van der Waals surface area contributed by atoms with Crippen LogP contribution in [0.15, 0.2) is 46.3 Å². The van der Waals surface area contributed by atoms with Crippen LogP contribution in [0.5, 0.6) is 17.2 Å². The molecule has 7 aliphatic rings. The number of likely N-dealkylation sites (tertiary alicyclic amines) is 1. The largest absolute Gasteiger partial charge is 0.541 e. The van der Waals surface area contributed by atoms with Crippen LogP contribution in [0.3, 0.4) is 0 Å². The topological polar surface area (TPSA) is 193 Å². The van der Waals surface area contributed by atoms with Gasteiger partial charge in [-0.2, -0.15) is 0 Å². The number of aliphatic hydroxyl groups is 1. The number of alkyl carbamates (subject to hydrolysis) is 1. The first kappa shape index (κ1) is 53.8. The number of benzene rings is 2. The van der Waals surface area contributed by atoms with E-state index >= 15 is 0 Å². The molecule has 19 heteroatoms. The normalized spacial score (nSPS) is 26.3. The van der Waals surface area contributed by atoms with Crippen LogP contribution in [0.25, 0.3) is 0 Å². The number of piperidine rings is 1. The van der Waals surface area contributed by atoms with Crippen molar-refractivity contribution in [1.82, 2.24) is 30.3 Å². The highest BCUT2D eigenvalue weighted by Crippen LogP contribution is 2.66. The van der Waals surface area contributed by atoms with Crippen molar-refractivity contribution < 1.29 is 46.5 Å². The first-order chi connectivity index (χ1) is 34.4. The van der Waals surface area contributed by atoms with E-state index in [1.165, 1.54) is 23.4 Å². The number of nitrogens with one attached hydrogen (secondary N) is 3. The predicted molar refractivity (Wildman–Crippen MR) is 286 cm³/mol. The summed E-state index contributed by atoms with van der Waals surface area (Å²) in [5, 5.41) is 17.3. The van der Waals surface area contributed by atoms with Crippen molar-refractivity contribution >= 4 is 36.3 Å². The molecule has 4 N–H and O–H groups in total. The van der Waals surface area contributed by atoms with Gasteiger partial charge in [-0.3, -0.25) is 25.1 Å². The summed E-state index contributed by atoms with van der Waals surface area (Å²) >= 11 is 0. The van der Waals surface area contributed by atoms with Crippen LogP contribution in [0, 0.1) is 26.7 Å². The van der Waals surface area contributed by atoms with Gasteiger partial charge in [0.05, 0.1) is 22.5 Å². The van der Waals surface area contributed by atoms with Gasteiger partial charge in [0.25, 0.3) is 24.2 Å². The van der Waals surface area contributed by atoms with Crippen LogP contribution in [0.1, 0.15) is 127 Å². The number of amides is 2. The molecule has 2 aromatic carbocycles. The highest BCUT2D eigenvalue weighted by atomic mass is 32.2. The maximum Gasteiger partial charge on any atom is 0.408 e. The number of sulfonamides is 1. The number of nitrogens with zero attached hydrogens (tertiary/aromatic N) is 4. The lowest BCUT2D eigenvalue weighted by Gasteiger charge is -2.62. The summed E-state index contributed by atoms with van der Waals surface area (Å²) in [4.78, 5) is 36.9. The van der Waals surface area contributed by atoms with Gasteiger partial charge in [0.2, 0.25) is 5.96 Å². The van der Waals surface area contributed by atoms with Gasteiger partial charge in [0.1, 0.15) is 34.5 Å². The Morgan fingerprint density at radius 2 is 1.78 bits per heavy atom. The van der Waals surface area contributed by atoms with Crippen LogP contribution < -0.4 is 29.4 Å². The molecular formula is C55H81N7O10SSi. The first-order valence-corrected chi connectivity index (χ1v) is 31.0. The fourth-order valence-electron chi connectivity index (χ4n) is 11.9. The Labute approximate surface area is 440 Å². The summed E-state index contributed by atoms with van der Waals surface area (Å²) in [6.07, 6.45) is 5.86. The summed E-state index contributed by atoms with van der Waals surface area (Å²) in [5.74, 6) is 2.91. The van der Waals surface area contributed by atoms with Crippen molar-refractivity contribution in [1.29, 1.82) is 0 Å². The van der Waals surface area contributed by atoms with E-state index in [0.29, 0.717) is 65.7 Å². The van der Waals surface area contributed by atoms with E-state index in [1.54, 1.807) is 46.6 Å². The van der Waals surface area contributed by atoms with Gasteiger partial charge in [-0.05, 0) is 165 Å². The molecule has 1 saturated carbocycles. The maximum atomic E-state index is 14.7. The molecule has 2 amide bonds. The van der Waals surface area contributed by atoms with Crippen LogP contribution in [0.2, 0.25) is 18.1 Å². The first-order valence-electron chi connectivity index (χ1n) is 26.6. The second kappa shape index (κ2) is 18.6. The number of guanidine groups is 1. The Balaban J connectivity index is 0.974. The molecule has 5 atom stereocenters. The van der Waals surface area contributed by atoms with Crippen LogP contribution in [-0.2, 0) is 42.5 Å². The van der Waals surface area contributed by atoms with E-state index in [-0.39, 0.29) is 53.9 Å². The Kier molecular flexibility index (Phi) is 13.6. The van der Waals surface area contributed by atoms with E-state index in [0.717, 1.165) is 36.2 Å². The van der Waals surface area contributed by atoms with Crippen molar-refractivity contribution in [3.8, 4) is 17.2 Å². The molecule has 2 aromatic rings. The third-order valence-corrected chi connectivity index (χ3v) is 23.0. The molecule has 74 heavy (non-hydrogen) atoms. The molecule has 9 rings (SSSR count). The lowest BCUT2D eigenvalue weighted by Crippen LogP contribution is -2.75. The van der Waals surface area contributed by atoms with Crippen molar-refractivity contribution in [2.45, 2.75) is 191 Å². The van der Waals surface area contributed by atoms with E-state index in [1.807, 2.05) is 26.8 Å². The molecule has 4 aliphatic heterocycles. The smallest absolute Gasteiger partial charge is 0.408 e. The van der Waals surface area contributed by atoms with Crippen molar-refractivity contribution in [2.24, 2.45) is 10.9 Å². The summed E-state index contributed by atoms with van der Waals surface area (Å²) in [6, 6.07) is 3.13. The number of aliphatic imine (C=N–C) groups is 1. The molecule has 1 saturated heterocycles. The lowest BCUT2D eigenvalue weighted by atomic mass is 9.50. The minimum absolute atomic E-state index is 0.0302. The average Bonchev–Trinajstić information content (AvgIpc) is 3.92. The zero-order valence-corrected chi connectivity index (χ0v) is 48.1. The SMILES string of the molecule is C=C(OC1=CC[C@@]2(O)[C@H]3Cc4ccc(O[Si](C)(C)C(C)(C)C)c5c4[C@@]2(CCN3CC2CC2)[C@H]1O5)N(C)CCN1NC(NS(=O)(=O)c2c(C)c(C)c3c(c2C)CC(C)(C)O3)=NCCC[C@H](NC(=O)OC(C)(C)C)C1=O. The zero-order valence-electron chi connectivity index (χ0n) is 46.3. The van der Waals surface area contributed by atoms with Gasteiger partial charge in [-0.1, -0.05) is 26.8 Å². The number of carbonyl (C=O) groups excluding carboxylic acids is 2. The molecule has 3 aliphatic carbocycles. The van der Waals surface area contributed by atoms with Gasteiger partial charge in [-0.15, -0.1) is 0 Å². The number of hydrogen-bond acceptors (Lipinski definition) is 14. The van der Waals surface area contributed by atoms with Gasteiger partial charge in [0, 0.05) is 56.7 Å². The van der Waals surface area contributed by atoms with E-state index < -0.39 is 64.7 Å². The predicted octanol–water partition coefficient (Wildman–Crippen LogP) is 7.54. The molecule has 0 aromatic heterocycles. The molecule has 2 fully saturated rings. The monoisotopic (exact) mass is 1060 g/mol. The number of ether oxygens (including phenoxy) is 4. The zero-order chi connectivity index (χ0) is 53.9. The highest BCUT2D eigenvalue weighted by molar-refractivity contribution is 7.90. The second-order valence-corrected chi connectivity index (χ2v) is 31.5. The van der Waals surface area contributed by atoms with Crippen molar-refractivity contribution in [2.75, 3.05) is 39.8 Å². The van der Waals surface area contributed by atoms with Crippen LogP contribution >= 0.6 is 0 Å². The molecule has 406 valence electrons. The minimum atomic E-state index is -4.28. The van der Waals surface area contributed by atoms with Crippen molar-refractivity contribution in [3.05, 3.63) is 69.8 Å². The molecule has 2 bridgehead atoms. The number of hydrazine groups is 1. The quantitative estimate of drug-likeness (QED) is 0.114. The Bertz CT molecular complexity index is 2810. The summed E-state index contributed by atoms with van der Waals surface area (Å²) < 4.78 is 64.6. The minimum Gasteiger partial charge on any atom is -0.541 e. The van der Waals surface area contributed by atoms with Crippen LogP contribution in [0.4, 0.5) is 4.79 Å². The van der Waals surface area contributed by atoms with E-state index in [4.69, 9.17) is 23.4 Å². The van der Waals surface area contributed by atoms with E-state index in [9.17, 15) is 23.1 Å². The number of fused-ring (bicyclic) bond motifs is 1. The summed E-state index contributed by atoms with van der Waals surface area (Å²) in [5.41, 5.74) is 4.71. The van der Waals surface area contributed by atoms with Gasteiger partial charge in [-0.25, -0.2) is 17.9 Å². The number of hydrogen-bond donors (Lipinski definition) is 4. The molecule has 0 radical (unpaired) electrons. The lowest BCUT2D eigenvalue weighted by molar-refractivity contribution is -0.170. The van der Waals surface area contributed by atoms with Gasteiger partial charge < -0.3 is 38.7 Å². The standard InChI is InChI=1S/C55H81N7O10SSi/c1-32-33(2)46(34(3)38-30-53(11,12)70-44(32)38)73(66,67)59-49-56-25-16-17-39(57-50(64)71-51(5,6)7)48(63)62(58-49)28-27-60(13)35(4)68-41-22-23-55(65)42-29-37-20-21-40(72-74(14,15)52(8,9)10)45-43(37)54(55,47(41)69-45)24-26-61(42)31-36-18-19-36/h20-22,36,39,42,47,65H,4,16-19,23-31H2,1-3,5-15H3,(H,57,64)(H2,56,58,59)/t39-,42+,47-,54-,55+/m0/s1. The Hall–Kier alpha value is -4.98. The number of rotatable bonds is 13. The molecular weight excluding hydrogens is 979 g/mol. The van der Waals surface area contributed by atoms with Crippen LogP contribution in [-0.4, -0.2) is 129 Å². The number of likely N-dealkylation sites (N-methyl/N-ethyl adjacent to an activating group) is 1. The highest BCUT2D eigenvalue weighted by Gasteiger charge is 2.72. The van der Waals surface area contributed by atoms with Crippen molar-refractivity contribution in [3.63, 3.8) is 0 Å².